The number of para-hydroxylation sites is 1. The van der Waals surface area contributed by atoms with Crippen molar-refractivity contribution >= 4 is 6.01 Å². The maximum absolute atomic E-state index is 5.85. The third-order valence-electron chi connectivity index (χ3n) is 4.65. The first-order chi connectivity index (χ1) is 13.7. The molecule has 2 aromatic heterocycles. The van der Waals surface area contributed by atoms with Crippen molar-refractivity contribution in [1.29, 1.82) is 0 Å². The summed E-state index contributed by atoms with van der Waals surface area (Å²) in [6.45, 7) is 5.84. The molecule has 1 fully saturated rings. The molecule has 0 unspecified atom stereocenters. The van der Waals surface area contributed by atoms with E-state index in [2.05, 4.69) is 27.6 Å². The Morgan fingerprint density at radius 2 is 2.11 bits per heavy atom. The van der Waals surface area contributed by atoms with Gasteiger partial charge in [0.15, 0.2) is 0 Å². The zero-order valence-corrected chi connectivity index (χ0v) is 16.1. The van der Waals surface area contributed by atoms with Gasteiger partial charge >= 0.3 is 6.01 Å². The molecule has 1 N–H and O–H groups in total. The minimum absolute atomic E-state index is 0.0605. The summed E-state index contributed by atoms with van der Waals surface area (Å²) in [4.78, 5) is 0. The fourth-order valence-electron chi connectivity index (χ4n) is 3.26. The molecular formula is C20H24N4O4. The van der Waals surface area contributed by atoms with Crippen LogP contribution in [0.15, 0.2) is 39.3 Å². The molecule has 8 nitrogen and oxygen atoms in total. The molecule has 1 aliphatic heterocycles. The van der Waals surface area contributed by atoms with Gasteiger partial charge in [-0.3, -0.25) is 0 Å². The van der Waals surface area contributed by atoms with Crippen molar-refractivity contribution in [3.8, 4) is 17.2 Å². The number of ether oxygens (including phenoxy) is 2. The lowest BCUT2D eigenvalue weighted by molar-refractivity contribution is 0.183. The normalized spacial score (nSPS) is 19.1. The molecule has 2 atom stereocenters. The summed E-state index contributed by atoms with van der Waals surface area (Å²) >= 11 is 0. The van der Waals surface area contributed by atoms with Gasteiger partial charge in [0.2, 0.25) is 0 Å². The van der Waals surface area contributed by atoms with Gasteiger partial charge < -0.3 is 23.7 Å². The maximum Gasteiger partial charge on any atom is 0.316 e. The number of nitrogens with zero attached hydrogens (tertiary/aromatic N) is 3. The van der Waals surface area contributed by atoms with Gasteiger partial charge in [-0.2, -0.15) is 0 Å². The summed E-state index contributed by atoms with van der Waals surface area (Å²) in [6, 6.07) is 10.0. The molecule has 0 radical (unpaired) electrons. The molecule has 0 saturated carbocycles. The fourth-order valence-corrected chi connectivity index (χ4v) is 3.26. The van der Waals surface area contributed by atoms with Crippen molar-refractivity contribution < 1.29 is 18.4 Å². The Labute approximate surface area is 163 Å². The van der Waals surface area contributed by atoms with Crippen molar-refractivity contribution in [2.75, 3.05) is 25.1 Å². The van der Waals surface area contributed by atoms with E-state index in [4.69, 9.17) is 18.4 Å². The lowest BCUT2D eigenvalue weighted by Crippen LogP contribution is -2.29. The number of aromatic nitrogens is 3. The Kier molecular flexibility index (Phi) is 5.57. The van der Waals surface area contributed by atoms with E-state index >= 15 is 0 Å². The van der Waals surface area contributed by atoms with E-state index in [0.29, 0.717) is 31.7 Å². The van der Waals surface area contributed by atoms with Gasteiger partial charge in [-0.05, 0) is 25.5 Å². The first-order valence-corrected chi connectivity index (χ1v) is 9.55. The number of hydrogen-bond acceptors (Lipinski definition) is 8. The zero-order valence-electron chi connectivity index (χ0n) is 16.1. The number of hydrogen-bond donors (Lipinski definition) is 1. The Morgan fingerprint density at radius 1 is 1.21 bits per heavy atom. The van der Waals surface area contributed by atoms with Crippen LogP contribution in [0.3, 0.4) is 0 Å². The average Bonchev–Trinajstić information content (AvgIpc) is 3.44. The second kappa shape index (κ2) is 8.43. The minimum Gasteiger partial charge on any atom is -0.493 e. The third-order valence-corrected chi connectivity index (χ3v) is 4.65. The standard InChI is InChI=1S/C20H24N4O4/c1-3-8-26-18-7-5-4-6-16(18)19-22-23-20(27-19)21-17-12-25-11-14(17)10-15-9-13(2)24-28-15/h4-7,9,14,17H,3,8,10-12H2,1-2H3,(H,21,23)/t14-,17+/m1/s1. The summed E-state index contributed by atoms with van der Waals surface area (Å²) in [7, 11) is 0. The highest BCUT2D eigenvalue weighted by molar-refractivity contribution is 5.62. The average molecular weight is 384 g/mol. The SMILES string of the molecule is CCCOc1ccccc1-c1nnc(N[C@H]2COC[C@H]2Cc2cc(C)no2)o1. The molecule has 1 saturated heterocycles. The second-order valence-corrected chi connectivity index (χ2v) is 6.94. The number of aryl methyl sites for hydroxylation is 1. The third kappa shape index (κ3) is 4.17. The van der Waals surface area contributed by atoms with Gasteiger partial charge in [-0.25, -0.2) is 0 Å². The Hall–Kier alpha value is -2.87. The molecule has 0 aliphatic carbocycles. The highest BCUT2D eigenvalue weighted by atomic mass is 16.5. The number of rotatable bonds is 8. The van der Waals surface area contributed by atoms with Crippen molar-refractivity contribution in [1.82, 2.24) is 15.4 Å². The number of benzene rings is 1. The molecular weight excluding hydrogens is 360 g/mol. The molecule has 28 heavy (non-hydrogen) atoms. The predicted molar refractivity (Wildman–Crippen MR) is 102 cm³/mol. The summed E-state index contributed by atoms with van der Waals surface area (Å²) in [6.07, 6.45) is 1.67. The topological polar surface area (TPSA) is 95.4 Å². The van der Waals surface area contributed by atoms with Crippen molar-refractivity contribution in [2.45, 2.75) is 32.7 Å². The van der Waals surface area contributed by atoms with E-state index in [0.717, 1.165) is 35.6 Å². The highest BCUT2D eigenvalue weighted by Gasteiger charge is 2.31. The monoisotopic (exact) mass is 384 g/mol. The van der Waals surface area contributed by atoms with Gasteiger partial charge in [0.25, 0.3) is 5.89 Å². The lowest BCUT2D eigenvalue weighted by atomic mass is 9.98. The quantitative estimate of drug-likeness (QED) is 0.630. The van der Waals surface area contributed by atoms with E-state index in [1.807, 2.05) is 37.3 Å². The Bertz CT molecular complexity index is 907. The lowest BCUT2D eigenvalue weighted by Gasteiger charge is -2.16. The predicted octanol–water partition coefficient (Wildman–Crippen LogP) is 3.49. The largest absolute Gasteiger partial charge is 0.493 e. The molecule has 0 amide bonds. The van der Waals surface area contributed by atoms with Gasteiger partial charge in [0.1, 0.15) is 11.5 Å². The van der Waals surface area contributed by atoms with Crippen molar-refractivity contribution in [3.05, 3.63) is 41.8 Å². The molecule has 8 heteroatoms. The summed E-state index contributed by atoms with van der Waals surface area (Å²) < 4.78 is 22.6. The zero-order chi connectivity index (χ0) is 19.3. The first-order valence-electron chi connectivity index (χ1n) is 9.55. The van der Waals surface area contributed by atoms with E-state index < -0.39 is 0 Å². The van der Waals surface area contributed by atoms with E-state index in [9.17, 15) is 0 Å². The van der Waals surface area contributed by atoms with Gasteiger partial charge in [0.05, 0.1) is 37.1 Å². The Balaban J connectivity index is 1.44. The smallest absolute Gasteiger partial charge is 0.316 e. The molecule has 148 valence electrons. The van der Waals surface area contributed by atoms with Gasteiger partial charge in [-0.1, -0.05) is 29.3 Å². The molecule has 4 rings (SSSR count). The number of anilines is 1. The first kappa shape index (κ1) is 18.5. The second-order valence-electron chi connectivity index (χ2n) is 6.94. The molecule has 3 aromatic rings. The van der Waals surface area contributed by atoms with Crippen molar-refractivity contribution in [3.63, 3.8) is 0 Å². The van der Waals surface area contributed by atoms with Crippen LogP contribution >= 0.6 is 0 Å². The van der Waals surface area contributed by atoms with Gasteiger partial charge in [0, 0.05) is 18.4 Å². The van der Waals surface area contributed by atoms with E-state index in [-0.39, 0.29) is 12.0 Å². The molecule has 0 spiro atoms. The molecule has 1 aromatic carbocycles. The minimum atomic E-state index is 0.0605. The highest BCUT2D eigenvalue weighted by Crippen LogP contribution is 2.30. The molecule has 1 aliphatic rings. The van der Waals surface area contributed by atoms with Crippen LogP contribution in [-0.2, 0) is 11.2 Å². The Morgan fingerprint density at radius 3 is 2.93 bits per heavy atom. The molecule has 3 heterocycles. The summed E-state index contributed by atoms with van der Waals surface area (Å²) in [5.41, 5.74) is 1.66. The van der Waals surface area contributed by atoms with Crippen LogP contribution in [0.1, 0.15) is 24.8 Å². The summed E-state index contributed by atoms with van der Waals surface area (Å²) in [5.74, 6) is 2.26. The van der Waals surface area contributed by atoms with Crippen LogP contribution in [0, 0.1) is 12.8 Å². The fraction of sp³-hybridized carbons (Fsp3) is 0.450. The number of nitrogens with one attached hydrogen (secondary N) is 1. The summed E-state index contributed by atoms with van der Waals surface area (Å²) in [5, 5.41) is 15.6. The van der Waals surface area contributed by atoms with Crippen molar-refractivity contribution in [2.24, 2.45) is 5.92 Å². The molecule has 0 bridgehead atoms. The van der Waals surface area contributed by atoms with Crippen LogP contribution in [0.4, 0.5) is 6.01 Å². The van der Waals surface area contributed by atoms with Crippen LogP contribution in [0.5, 0.6) is 5.75 Å². The van der Waals surface area contributed by atoms with E-state index in [1.165, 1.54) is 0 Å². The van der Waals surface area contributed by atoms with Crippen LogP contribution in [0.25, 0.3) is 11.5 Å². The van der Waals surface area contributed by atoms with Crippen LogP contribution < -0.4 is 10.1 Å². The van der Waals surface area contributed by atoms with Crippen LogP contribution in [0.2, 0.25) is 0 Å². The van der Waals surface area contributed by atoms with E-state index in [1.54, 1.807) is 0 Å². The van der Waals surface area contributed by atoms with Crippen LogP contribution in [-0.4, -0.2) is 41.2 Å². The maximum atomic E-state index is 5.85. The van der Waals surface area contributed by atoms with Gasteiger partial charge in [-0.15, -0.1) is 5.10 Å².